The third-order valence-corrected chi connectivity index (χ3v) is 4.19. The van der Waals surface area contributed by atoms with Crippen molar-refractivity contribution in [3.63, 3.8) is 0 Å². The average molecular weight is 249 g/mol. The van der Waals surface area contributed by atoms with Crippen LogP contribution in [0, 0.1) is 0 Å². The summed E-state index contributed by atoms with van der Waals surface area (Å²) >= 11 is 1.78. The van der Waals surface area contributed by atoms with E-state index in [2.05, 4.69) is 23.8 Å². The lowest BCUT2D eigenvalue weighted by Crippen LogP contribution is -2.14. The zero-order chi connectivity index (χ0) is 12.3. The minimum absolute atomic E-state index is 0.307. The molecule has 92 valence electrons. The quantitative estimate of drug-likeness (QED) is 0.884. The normalized spacial score (nSPS) is 15.0. The monoisotopic (exact) mass is 249 g/mol. The number of pyridine rings is 1. The molecule has 2 rings (SSSR count). The molecule has 2 aromatic rings. The highest BCUT2D eigenvalue weighted by atomic mass is 32.1. The molecular formula is C13H19N3S. The van der Waals surface area contributed by atoms with E-state index in [4.69, 9.17) is 5.73 Å². The lowest BCUT2D eigenvalue weighted by Gasteiger charge is -2.09. The summed E-state index contributed by atoms with van der Waals surface area (Å²) in [5, 5.41) is 1.22. The Morgan fingerprint density at radius 1 is 1.35 bits per heavy atom. The Morgan fingerprint density at radius 2 is 2.18 bits per heavy atom. The van der Waals surface area contributed by atoms with Crippen molar-refractivity contribution in [3.8, 4) is 0 Å². The van der Waals surface area contributed by atoms with E-state index >= 15 is 0 Å². The highest BCUT2D eigenvalue weighted by molar-refractivity contribution is 7.18. The van der Waals surface area contributed by atoms with Crippen LogP contribution in [0.1, 0.15) is 44.0 Å². The lowest BCUT2D eigenvalue weighted by molar-refractivity contribution is 0.556. The van der Waals surface area contributed by atoms with E-state index in [1.165, 1.54) is 16.1 Å². The summed E-state index contributed by atoms with van der Waals surface area (Å²) in [7, 11) is 0. The maximum atomic E-state index is 5.76. The molecule has 0 aliphatic heterocycles. The van der Waals surface area contributed by atoms with Gasteiger partial charge in [0.25, 0.3) is 0 Å². The van der Waals surface area contributed by atoms with Crippen molar-refractivity contribution in [3.05, 3.63) is 23.5 Å². The first-order valence-electron chi connectivity index (χ1n) is 6.13. The second kappa shape index (κ2) is 5.56. The second-order valence-corrected chi connectivity index (χ2v) is 5.77. The van der Waals surface area contributed by atoms with Crippen LogP contribution in [-0.4, -0.2) is 16.0 Å². The van der Waals surface area contributed by atoms with Crippen molar-refractivity contribution in [2.75, 3.05) is 0 Å². The summed E-state index contributed by atoms with van der Waals surface area (Å²) in [6, 6.07) is 2.34. The number of hydrogen-bond donors (Lipinski definition) is 1. The van der Waals surface area contributed by atoms with Crippen molar-refractivity contribution in [1.82, 2.24) is 9.97 Å². The molecule has 2 atom stereocenters. The van der Waals surface area contributed by atoms with E-state index in [0.29, 0.717) is 12.0 Å². The van der Waals surface area contributed by atoms with E-state index in [1.54, 1.807) is 11.3 Å². The predicted octanol–water partition coefficient (Wildman–Crippen LogP) is 3.31. The van der Waals surface area contributed by atoms with Gasteiger partial charge in [0.1, 0.15) is 0 Å². The zero-order valence-corrected chi connectivity index (χ0v) is 11.2. The van der Waals surface area contributed by atoms with Gasteiger partial charge in [0.05, 0.1) is 21.4 Å². The lowest BCUT2D eigenvalue weighted by atomic mass is 10.0. The molecule has 0 saturated heterocycles. The van der Waals surface area contributed by atoms with E-state index in [-0.39, 0.29) is 0 Å². The summed E-state index contributed by atoms with van der Waals surface area (Å²) in [5.74, 6) is 0.520. The van der Waals surface area contributed by atoms with Crippen molar-refractivity contribution in [2.24, 2.45) is 5.73 Å². The van der Waals surface area contributed by atoms with Crippen molar-refractivity contribution < 1.29 is 0 Å². The molecule has 2 heterocycles. The number of nitrogens with two attached hydrogens (primary N) is 1. The molecule has 2 aromatic heterocycles. The maximum Gasteiger partial charge on any atom is 0.0998 e. The summed E-state index contributed by atoms with van der Waals surface area (Å²) < 4.78 is 1.23. The Balaban J connectivity index is 2.01. The van der Waals surface area contributed by atoms with Gasteiger partial charge in [-0.3, -0.25) is 4.98 Å². The zero-order valence-electron chi connectivity index (χ0n) is 10.4. The van der Waals surface area contributed by atoms with Crippen LogP contribution < -0.4 is 5.73 Å². The molecular weight excluding hydrogens is 230 g/mol. The van der Waals surface area contributed by atoms with Gasteiger partial charge in [-0.05, 0) is 25.8 Å². The molecule has 0 aliphatic rings. The fourth-order valence-corrected chi connectivity index (χ4v) is 2.90. The molecule has 4 heteroatoms. The van der Waals surface area contributed by atoms with Crippen molar-refractivity contribution in [2.45, 2.75) is 45.1 Å². The summed E-state index contributed by atoms with van der Waals surface area (Å²) in [5.41, 5.74) is 6.78. The van der Waals surface area contributed by atoms with Crippen LogP contribution in [0.2, 0.25) is 0 Å². The Hall–Kier alpha value is -1.00. The van der Waals surface area contributed by atoms with Gasteiger partial charge in [-0.15, -0.1) is 11.3 Å². The number of rotatable bonds is 5. The van der Waals surface area contributed by atoms with Gasteiger partial charge in [0.15, 0.2) is 0 Å². The molecule has 2 N–H and O–H groups in total. The smallest absolute Gasteiger partial charge is 0.0998 e. The molecule has 0 aliphatic carbocycles. The highest BCUT2D eigenvalue weighted by Crippen LogP contribution is 2.29. The van der Waals surface area contributed by atoms with Gasteiger partial charge in [-0.2, -0.15) is 0 Å². The molecule has 3 nitrogen and oxygen atoms in total. The van der Waals surface area contributed by atoms with Crippen LogP contribution >= 0.6 is 11.3 Å². The number of aromatic nitrogens is 2. The van der Waals surface area contributed by atoms with Crippen LogP contribution in [-0.2, 0) is 0 Å². The molecule has 0 saturated carbocycles. The van der Waals surface area contributed by atoms with Crippen LogP contribution in [0.5, 0.6) is 0 Å². The minimum atomic E-state index is 0.307. The number of thiazole rings is 1. The summed E-state index contributed by atoms with van der Waals surface area (Å²) in [4.78, 5) is 8.73. The largest absolute Gasteiger partial charge is 0.328 e. The van der Waals surface area contributed by atoms with Gasteiger partial charge in [0, 0.05) is 18.2 Å². The van der Waals surface area contributed by atoms with Crippen LogP contribution in [0.3, 0.4) is 0 Å². The highest BCUT2D eigenvalue weighted by Gasteiger charge is 2.11. The molecule has 0 bridgehead atoms. The molecule has 0 amide bonds. The van der Waals surface area contributed by atoms with Crippen LogP contribution in [0.15, 0.2) is 18.5 Å². The van der Waals surface area contributed by atoms with Crippen molar-refractivity contribution >= 4 is 21.6 Å². The Kier molecular flexibility index (Phi) is 4.07. The predicted molar refractivity (Wildman–Crippen MR) is 73.3 cm³/mol. The fraction of sp³-hybridized carbons (Fsp3) is 0.538. The minimum Gasteiger partial charge on any atom is -0.328 e. The van der Waals surface area contributed by atoms with Gasteiger partial charge in [-0.1, -0.05) is 13.3 Å². The second-order valence-electron chi connectivity index (χ2n) is 4.70. The topological polar surface area (TPSA) is 51.8 Å². The van der Waals surface area contributed by atoms with Gasteiger partial charge in [0.2, 0.25) is 0 Å². The van der Waals surface area contributed by atoms with E-state index in [1.807, 2.05) is 18.5 Å². The SMILES string of the molecule is CC(N)CCCC(C)c1nc2cnccc2s1. The summed E-state index contributed by atoms with van der Waals surface area (Å²) in [6.45, 7) is 4.31. The molecule has 17 heavy (non-hydrogen) atoms. The number of hydrogen-bond acceptors (Lipinski definition) is 4. The molecule has 0 fully saturated rings. The fourth-order valence-electron chi connectivity index (χ4n) is 1.88. The maximum absolute atomic E-state index is 5.76. The van der Waals surface area contributed by atoms with Crippen molar-refractivity contribution in [1.29, 1.82) is 0 Å². The molecule has 0 spiro atoms. The van der Waals surface area contributed by atoms with Gasteiger partial charge < -0.3 is 5.73 Å². The first-order chi connectivity index (χ1) is 8.16. The number of fused-ring (bicyclic) bond motifs is 1. The standard InChI is InChI=1S/C13H19N3S/c1-9(4-3-5-10(2)14)13-16-11-8-15-7-6-12(11)17-13/h6-10H,3-5,14H2,1-2H3. The molecule has 0 radical (unpaired) electrons. The molecule has 2 unspecified atom stereocenters. The average Bonchev–Trinajstić information content (AvgIpc) is 2.71. The Morgan fingerprint density at radius 3 is 2.88 bits per heavy atom. The third kappa shape index (κ3) is 3.23. The van der Waals surface area contributed by atoms with Gasteiger partial charge >= 0.3 is 0 Å². The summed E-state index contributed by atoms with van der Waals surface area (Å²) in [6.07, 6.45) is 7.09. The Bertz CT molecular complexity index is 445. The van der Waals surface area contributed by atoms with Crippen LogP contribution in [0.25, 0.3) is 10.2 Å². The first kappa shape index (κ1) is 12.5. The molecule has 0 aromatic carbocycles. The first-order valence-corrected chi connectivity index (χ1v) is 6.94. The van der Waals surface area contributed by atoms with E-state index in [9.17, 15) is 0 Å². The number of nitrogens with zero attached hydrogens (tertiary/aromatic N) is 2. The van der Waals surface area contributed by atoms with Crippen LogP contribution in [0.4, 0.5) is 0 Å². The van der Waals surface area contributed by atoms with Gasteiger partial charge in [-0.25, -0.2) is 4.98 Å². The van der Waals surface area contributed by atoms with E-state index < -0.39 is 0 Å². The van der Waals surface area contributed by atoms with E-state index in [0.717, 1.165) is 18.4 Å². The third-order valence-electron chi connectivity index (χ3n) is 2.92. The Labute approximate surface area is 106 Å².